The number of nitrogens with zero attached hydrogens (tertiary/aromatic N) is 2. The van der Waals surface area contributed by atoms with E-state index in [0.717, 1.165) is 83.4 Å². The predicted octanol–water partition coefficient (Wildman–Crippen LogP) is 20.2. The molecule has 0 saturated heterocycles. The summed E-state index contributed by atoms with van der Waals surface area (Å²) in [6.45, 7) is 0. The topological polar surface area (TPSA) is 32.8 Å². The van der Waals surface area contributed by atoms with E-state index in [1.165, 1.54) is 60.3 Å². The molecule has 0 spiro atoms. The molecule has 0 fully saturated rings. The summed E-state index contributed by atoms with van der Waals surface area (Å²) in [6.07, 6.45) is 0. The molecule has 0 saturated carbocycles. The first-order valence-electron chi connectivity index (χ1n) is 26.4. The van der Waals surface area contributed by atoms with Gasteiger partial charge in [-0.05, 0) is 133 Å². The van der Waals surface area contributed by atoms with Gasteiger partial charge in [-0.3, -0.25) is 0 Å². The Labute approximate surface area is 444 Å². The van der Waals surface area contributed by atoms with E-state index in [1.54, 1.807) is 0 Å². The Balaban J connectivity index is 1.01. The van der Waals surface area contributed by atoms with Crippen molar-refractivity contribution in [3.05, 3.63) is 301 Å². The Morgan fingerprint density at radius 3 is 1.34 bits per heavy atom. The van der Waals surface area contributed by atoms with Crippen LogP contribution in [-0.2, 0) is 5.41 Å². The maximum absolute atomic E-state index is 6.83. The fourth-order valence-corrected chi connectivity index (χ4v) is 13.1. The molecule has 0 aliphatic heterocycles. The van der Waals surface area contributed by atoms with Crippen molar-refractivity contribution in [2.45, 2.75) is 5.41 Å². The first-order valence-corrected chi connectivity index (χ1v) is 26.4. The Bertz CT molecular complexity index is 4770. The van der Waals surface area contributed by atoms with E-state index in [4.69, 9.17) is 8.83 Å². The van der Waals surface area contributed by atoms with Gasteiger partial charge in [-0.15, -0.1) is 0 Å². The normalized spacial score (nSPS) is 12.8. The second-order valence-corrected chi connectivity index (χ2v) is 20.2. The van der Waals surface area contributed by atoms with Crippen molar-refractivity contribution in [1.29, 1.82) is 0 Å². The van der Waals surface area contributed by atoms with Gasteiger partial charge in [0.1, 0.15) is 11.2 Å². The minimum Gasteiger partial charge on any atom is -0.454 e. The summed E-state index contributed by atoms with van der Waals surface area (Å²) in [7, 11) is 0. The quantitative estimate of drug-likeness (QED) is 0.142. The monoisotopic (exact) mass is 982 g/mol. The lowest BCUT2D eigenvalue weighted by Gasteiger charge is -2.43. The average Bonchev–Trinajstić information content (AvgIpc) is 4.19. The van der Waals surface area contributed by atoms with Crippen LogP contribution in [0.2, 0.25) is 0 Å². The molecule has 0 N–H and O–H groups in total. The van der Waals surface area contributed by atoms with Crippen LogP contribution in [-0.4, -0.2) is 0 Å². The molecule has 13 aromatic carbocycles. The highest BCUT2D eigenvalue weighted by Crippen LogP contribution is 2.59. The van der Waals surface area contributed by atoms with E-state index in [9.17, 15) is 0 Å². The number of fused-ring (bicyclic) bond motifs is 12. The maximum atomic E-state index is 6.83. The molecule has 77 heavy (non-hydrogen) atoms. The first kappa shape index (κ1) is 43.3. The number of furan rings is 2. The van der Waals surface area contributed by atoms with Gasteiger partial charge in [-0.2, -0.15) is 0 Å². The summed E-state index contributed by atoms with van der Waals surface area (Å²) in [5, 5.41) is 11.5. The van der Waals surface area contributed by atoms with Gasteiger partial charge in [0.25, 0.3) is 0 Å². The van der Waals surface area contributed by atoms with E-state index in [2.05, 4.69) is 277 Å². The summed E-state index contributed by atoms with van der Waals surface area (Å²) in [5.41, 5.74) is 16.1. The highest BCUT2D eigenvalue weighted by Gasteiger charge is 2.45. The third kappa shape index (κ3) is 6.33. The molecule has 16 rings (SSSR count). The molecule has 0 unspecified atom stereocenters. The fraction of sp³-hybridized carbons (Fsp3) is 0.0137. The van der Waals surface area contributed by atoms with Gasteiger partial charge in [-0.25, -0.2) is 0 Å². The molecule has 1 aliphatic carbocycles. The molecular formula is C73H46N2O2. The van der Waals surface area contributed by atoms with Gasteiger partial charge < -0.3 is 18.6 Å². The van der Waals surface area contributed by atoms with Crippen LogP contribution in [0.4, 0.5) is 34.1 Å². The number of hydrogen-bond donors (Lipinski definition) is 0. The van der Waals surface area contributed by atoms with E-state index >= 15 is 0 Å². The molecule has 0 amide bonds. The zero-order valence-electron chi connectivity index (χ0n) is 41.8. The Morgan fingerprint density at radius 2 is 0.727 bits per heavy atom. The zero-order valence-corrected chi connectivity index (χ0v) is 41.8. The van der Waals surface area contributed by atoms with Gasteiger partial charge in [-0.1, -0.05) is 206 Å². The van der Waals surface area contributed by atoms with Crippen molar-refractivity contribution >= 4 is 110 Å². The molecule has 4 nitrogen and oxygen atoms in total. The third-order valence-electron chi connectivity index (χ3n) is 16.3. The smallest absolute Gasteiger partial charge is 0.159 e. The van der Waals surface area contributed by atoms with Crippen molar-refractivity contribution in [3.8, 4) is 11.1 Å². The van der Waals surface area contributed by atoms with Crippen LogP contribution < -0.4 is 9.80 Å². The molecule has 15 aromatic rings. The van der Waals surface area contributed by atoms with Gasteiger partial charge in [0.2, 0.25) is 0 Å². The van der Waals surface area contributed by atoms with Crippen LogP contribution in [0.1, 0.15) is 22.3 Å². The summed E-state index contributed by atoms with van der Waals surface area (Å²) >= 11 is 0. The molecule has 0 radical (unpaired) electrons. The van der Waals surface area contributed by atoms with Gasteiger partial charge in [0, 0.05) is 44.0 Å². The molecule has 4 heteroatoms. The summed E-state index contributed by atoms with van der Waals surface area (Å²) < 4.78 is 13.6. The molecule has 0 atom stereocenters. The van der Waals surface area contributed by atoms with Crippen molar-refractivity contribution in [2.75, 3.05) is 9.80 Å². The summed E-state index contributed by atoms with van der Waals surface area (Å²) in [4.78, 5) is 4.78. The highest BCUT2D eigenvalue weighted by molar-refractivity contribution is 6.26. The fourth-order valence-electron chi connectivity index (χ4n) is 13.1. The van der Waals surface area contributed by atoms with Crippen LogP contribution in [0.15, 0.2) is 288 Å². The average molecular weight is 983 g/mol. The number of anilines is 6. The maximum Gasteiger partial charge on any atom is 0.159 e. The largest absolute Gasteiger partial charge is 0.454 e. The SMILES string of the molecule is c1ccc(N(c2ccc3c(c2)C(c2ccccc2)(c2ccccc2)c2cccc4c2c-3cc2c3ccccc3c(N(c3ccccc3)c3cccc5c3oc3ccccc35)cc42)c2cccc3c2oc2ccccc23)cc1. The number of para-hydroxylation sites is 6. The second kappa shape index (κ2) is 16.9. The standard InChI is InChI=1S/C73H46N2O2/c1-5-22-47(23-6-1)73(48-24-7-2-8-25-48)63-37-19-34-57-61-46-67(75(50-28-11-4-12-29-50)66-39-21-36-59-56-33-16-18-41-69(56)77-72(59)66)54-31-14-13-30-52(54)60(61)45-62(70(57)63)53-43-42-51(44-64(53)73)74(49-26-9-3-10-27-49)65-38-20-35-58-55-32-15-17-40-68(55)76-71(58)65/h1-46H. The molecule has 1 aliphatic rings. The number of benzene rings is 13. The van der Waals surface area contributed by atoms with Gasteiger partial charge >= 0.3 is 0 Å². The van der Waals surface area contributed by atoms with Gasteiger partial charge in [0.05, 0.1) is 22.5 Å². The van der Waals surface area contributed by atoms with Crippen molar-refractivity contribution in [1.82, 2.24) is 0 Å². The van der Waals surface area contributed by atoms with Crippen molar-refractivity contribution in [2.24, 2.45) is 0 Å². The lowest BCUT2D eigenvalue weighted by Crippen LogP contribution is -2.34. The van der Waals surface area contributed by atoms with Gasteiger partial charge in [0.15, 0.2) is 11.2 Å². The van der Waals surface area contributed by atoms with Crippen LogP contribution in [0, 0.1) is 0 Å². The lowest BCUT2D eigenvalue weighted by atomic mass is 9.59. The Morgan fingerprint density at radius 1 is 0.260 bits per heavy atom. The third-order valence-corrected chi connectivity index (χ3v) is 16.3. The zero-order chi connectivity index (χ0) is 50.6. The van der Waals surface area contributed by atoms with Crippen LogP contribution >= 0.6 is 0 Å². The highest BCUT2D eigenvalue weighted by atomic mass is 16.3. The van der Waals surface area contributed by atoms with Crippen LogP contribution in [0.25, 0.3) is 87.3 Å². The lowest BCUT2D eigenvalue weighted by molar-refractivity contribution is 0.668. The molecule has 360 valence electrons. The minimum absolute atomic E-state index is 0.742. The summed E-state index contributed by atoms with van der Waals surface area (Å²) in [5.74, 6) is 0. The van der Waals surface area contributed by atoms with E-state index in [1.807, 2.05) is 12.1 Å². The number of hydrogen-bond acceptors (Lipinski definition) is 4. The van der Waals surface area contributed by atoms with E-state index < -0.39 is 5.41 Å². The van der Waals surface area contributed by atoms with Crippen LogP contribution in [0.3, 0.4) is 0 Å². The minimum atomic E-state index is -0.742. The second-order valence-electron chi connectivity index (χ2n) is 20.2. The Hall–Kier alpha value is -10.2. The number of rotatable bonds is 8. The van der Waals surface area contributed by atoms with E-state index in [-0.39, 0.29) is 0 Å². The summed E-state index contributed by atoms with van der Waals surface area (Å²) in [6, 6.07) is 102. The molecule has 2 heterocycles. The van der Waals surface area contributed by atoms with E-state index in [0.29, 0.717) is 0 Å². The molecular weight excluding hydrogens is 937 g/mol. The van der Waals surface area contributed by atoms with Crippen molar-refractivity contribution < 1.29 is 8.83 Å². The molecule has 2 aromatic heterocycles. The Kier molecular flexibility index (Phi) is 9.52. The van der Waals surface area contributed by atoms with Crippen LogP contribution in [0.5, 0.6) is 0 Å². The first-order chi connectivity index (χ1) is 38.2. The molecule has 0 bridgehead atoms. The predicted molar refractivity (Wildman–Crippen MR) is 320 cm³/mol. The van der Waals surface area contributed by atoms with Crippen molar-refractivity contribution in [3.63, 3.8) is 0 Å².